The molecule has 0 fully saturated rings. The molecule has 2 aromatic rings. The van der Waals surface area contributed by atoms with Gasteiger partial charge in [-0.1, -0.05) is 27.6 Å². The number of benzene rings is 1. The van der Waals surface area contributed by atoms with Crippen molar-refractivity contribution in [1.82, 2.24) is 4.98 Å². The van der Waals surface area contributed by atoms with E-state index in [9.17, 15) is 0 Å². The Bertz CT molecular complexity index is 405. The highest BCUT2D eigenvalue weighted by Crippen LogP contribution is 2.17. The van der Waals surface area contributed by atoms with Crippen molar-refractivity contribution in [2.24, 2.45) is 0 Å². The number of rotatable bonds is 0. The zero-order valence-corrected chi connectivity index (χ0v) is 8.28. The standard InChI is InChI=1S/C9H6BrN.HNO/c10-9-2-1-8-6-11-4-3-7(8)5-9;1-2/h1-6H;1H. The van der Waals surface area contributed by atoms with Gasteiger partial charge in [-0.3, -0.25) is 4.98 Å². The molecule has 0 aliphatic rings. The number of halogens is 1. The van der Waals surface area contributed by atoms with E-state index in [0.29, 0.717) is 0 Å². The molecule has 2 rings (SSSR count). The van der Waals surface area contributed by atoms with E-state index < -0.39 is 0 Å². The second-order valence-electron chi connectivity index (χ2n) is 2.37. The Morgan fingerprint density at radius 3 is 2.69 bits per heavy atom. The molecule has 66 valence electrons. The summed E-state index contributed by atoms with van der Waals surface area (Å²) in [5, 5.41) is 2.39. The van der Waals surface area contributed by atoms with Crippen molar-refractivity contribution in [2.75, 3.05) is 0 Å². The molecule has 0 unspecified atom stereocenters. The Morgan fingerprint density at radius 1 is 1.15 bits per heavy atom. The number of pyridine rings is 1. The number of aromatic nitrogens is 1. The van der Waals surface area contributed by atoms with E-state index in [0.717, 1.165) is 4.47 Å². The summed E-state index contributed by atoms with van der Waals surface area (Å²) in [6.07, 6.45) is 3.66. The SMILES string of the molecule is Brc1ccc2cnccc2c1.N=O. The van der Waals surface area contributed by atoms with Crippen LogP contribution in [0.2, 0.25) is 0 Å². The van der Waals surface area contributed by atoms with Crippen LogP contribution in [0.25, 0.3) is 10.8 Å². The molecule has 0 saturated carbocycles. The van der Waals surface area contributed by atoms with Crippen LogP contribution in [-0.2, 0) is 0 Å². The van der Waals surface area contributed by atoms with Gasteiger partial charge in [-0.05, 0) is 23.6 Å². The molecule has 13 heavy (non-hydrogen) atoms. The van der Waals surface area contributed by atoms with Crippen LogP contribution in [0, 0.1) is 10.5 Å². The molecule has 1 heterocycles. The van der Waals surface area contributed by atoms with E-state index >= 15 is 0 Å². The first-order valence-electron chi connectivity index (χ1n) is 3.56. The summed E-state index contributed by atoms with van der Waals surface area (Å²) in [6, 6.07) is 8.15. The minimum atomic E-state index is 1.11. The molecule has 0 atom stereocenters. The largest absolute Gasteiger partial charge is 0.264 e. The second-order valence-corrected chi connectivity index (χ2v) is 3.28. The first-order chi connectivity index (χ1) is 6.36. The van der Waals surface area contributed by atoms with Gasteiger partial charge in [0.25, 0.3) is 0 Å². The van der Waals surface area contributed by atoms with Gasteiger partial charge in [0.1, 0.15) is 0 Å². The van der Waals surface area contributed by atoms with Crippen LogP contribution in [0.5, 0.6) is 0 Å². The normalized spacial score (nSPS) is 9.00. The Hall–Kier alpha value is -1.29. The fourth-order valence-electron chi connectivity index (χ4n) is 1.05. The number of hydrogen-bond donors (Lipinski definition) is 1. The van der Waals surface area contributed by atoms with Crippen molar-refractivity contribution in [3.05, 3.63) is 46.0 Å². The lowest BCUT2D eigenvalue weighted by molar-refractivity contribution is 1.36. The van der Waals surface area contributed by atoms with Gasteiger partial charge in [0.15, 0.2) is 0 Å². The van der Waals surface area contributed by atoms with Crippen molar-refractivity contribution in [2.45, 2.75) is 0 Å². The molecule has 0 bridgehead atoms. The van der Waals surface area contributed by atoms with Gasteiger partial charge in [0.05, 0.1) is 0 Å². The van der Waals surface area contributed by atoms with Crippen LogP contribution in [0.3, 0.4) is 0 Å². The van der Waals surface area contributed by atoms with Crippen molar-refractivity contribution >= 4 is 26.7 Å². The van der Waals surface area contributed by atoms with Gasteiger partial charge < -0.3 is 0 Å². The van der Waals surface area contributed by atoms with Crippen molar-refractivity contribution in [3.63, 3.8) is 0 Å². The van der Waals surface area contributed by atoms with Crippen LogP contribution < -0.4 is 0 Å². The molecule has 0 radical (unpaired) electrons. The smallest absolute Gasteiger partial charge is 0.0346 e. The summed E-state index contributed by atoms with van der Waals surface area (Å²) in [5.74, 6) is 0. The third kappa shape index (κ3) is 2.32. The first kappa shape index (κ1) is 9.80. The Morgan fingerprint density at radius 2 is 1.92 bits per heavy atom. The number of nitrogens with zero attached hydrogens (tertiary/aromatic N) is 1. The first-order valence-corrected chi connectivity index (χ1v) is 4.35. The maximum atomic E-state index is 7.50. The Balaban J connectivity index is 0.000000396. The van der Waals surface area contributed by atoms with Crippen LogP contribution in [-0.4, -0.2) is 4.98 Å². The van der Waals surface area contributed by atoms with E-state index in [2.05, 4.69) is 32.6 Å². The second kappa shape index (κ2) is 4.67. The summed E-state index contributed by atoms with van der Waals surface area (Å²) < 4.78 is 1.11. The molecule has 3 nitrogen and oxygen atoms in total. The summed E-state index contributed by atoms with van der Waals surface area (Å²) in [6.45, 7) is 0. The molecule has 1 aromatic carbocycles. The molecule has 1 N–H and O–H groups in total. The van der Waals surface area contributed by atoms with Crippen LogP contribution in [0.15, 0.2) is 41.1 Å². The minimum absolute atomic E-state index is 1.11. The van der Waals surface area contributed by atoms with E-state index in [1.807, 2.05) is 24.4 Å². The third-order valence-electron chi connectivity index (χ3n) is 1.60. The lowest BCUT2D eigenvalue weighted by Crippen LogP contribution is -1.73. The van der Waals surface area contributed by atoms with E-state index in [4.69, 9.17) is 4.91 Å². The highest BCUT2D eigenvalue weighted by molar-refractivity contribution is 9.10. The molecule has 0 aliphatic carbocycles. The van der Waals surface area contributed by atoms with Crippen LogP contribution in [0.4, 0.5) is 0 Å². The van der Waals surface area contributed by atoms with E-state index in [1.54, 1.807) is 6.20 Å². The summed E-state index contributed by atoms with van der Waals surface area (Å²) in [5.41, 5.74) is 4.50. The lowest BCUT2D eigenvalue weighted by atomic mass is 10.2. The third-order valence-corrected chi connectivity index (χ3v) is 2.10. The molecular formula is C9H7BrN2O. The fraction of sp³-hybridized carbons (Fsp3) is 0. The van der Waals surface area contributed by atoms with E-state index in [-0.39, 0.29) is 0 Å². The predicted molar refractivity (Wildman–Crippen MR) is 55.5 cm³/mol. The van der Waals surface area contributed by atoms with E-state index in [1.165, 1.54) is 10.8 Å². The monoisotopic (exact) mass is 238 g/mol. The zero-order chi connectivity index (χ0) is 9.68. The van der Waals surface area contributed by atoms with Gasteiger partial charge in [0.2, 0.25) is 0 Å². The average Bonchev–Trinajstić information content (AvgIpc) is 2.21. The lowest BCUT2D eigenvalue weighted by Gasteiger charge is -1.95. The highest BCUT2D eigenvalue weighted by atomic mass is 79.9. The maximum Gasteiger partial charge on any atom is 0.0346 e. The van der Waals surface area contributed by atoms with Crippen LogP contribution >= 0.6 is 15.9 Å². The summed E-state index contributed by atoms with van der Waals surface area (Å²) in [4.78, 5) is 11.5. The van der Waals surface area contributed by atoms with Gasteiger partial charge >= 0.3 is 0 Å². The Kier molecular flexibility index (Phi) is 3.52. The quantitative estimate of drug-likeness (QED) is 0.717. The summed E-state index contributed by atoms with van der Waals surface area (Å²) in [7, 11) is 0. The number of nitrogens with one attached hydrogen (secondary N) is 1. The molecule has 0 aliphatic heterocycles. The minimum Gasteiger partial charge on any atom is -0.264 e. The van der Waals surface area contributed by atoms with Crippen molar-refractivity contribution in [1.29, 1.82) is 5.59 Å². The molecule has 4 heteroatoms. The molecular weight excluding hydrogens is 232 g/mol. The van der Waals surface area contributed by atoms with Gasteiger partial charge in [-0.2, -0.15) is 4.91 Å². The van der Waals surface area contributed by atoms with Crippen LogP contribution in [0.1, 0.15) is 0 Å². The molecule has 0 saturated heterocycles. The number of nitroso groups, excluding NO2 is 1. The van der Waals surface area contributed by atoms with Gasteiger partial charge in [-0.15, -0.1) is 0 Å². The predicted octanol–water partition coefficient (Wildman–Crippen LogP) is 3.33. The number of hydrogen-bond acceptors (Lipinski definition) is 3. The van der Waals surface area contributed by atoms with Gasteiger partial charge in [0, 0.05) is 22.3 Å². The molecule has 0 spiro atoms. The summed E-state index contributed by atoms with van der Waals surface area (Å²) >= 11 is 3.41. The van der Waals surface area contributed by atoms with Gasteiger partial charge in [-0.25, -0.2) is 0 Å². The molecule has 0 amide bonds. The number of fused-ring (bicyclic) bond motifs is 1. The highest BCUT2D eigenvalue weighted by Gasteiger charge is 1.91. The van der Waals surface area contributed by atoms with Crippen molar-refractivity contribution in [3.8, 4) is 0 Å². The Labute approximate surface area is 83.7 Å². The zero-order valence-electron chi connectivity index (χ0n) is 6.70. The average molecular weight is 239 g/mol. The fourth-order valence-corrected chi connectivity index (χ4v) is 1.43. The topological polar surface area (TPSA) is 53.8 Å². The molecule has 1 aromatic heterocycles. The maximum absolute atomic E-state index is 7.50. The van der Waals surface area contributed by atoms with Crippen molar-refractivity contribution < 1.29 is 0 Å².